The van der Waals surface area contributed by atoms with E-state index in [9.17, 15) is 9.59 Å². The van der Waals surface area contributed by atoms with Crippen molar-refractivity contribution in [2.75, 3.05) is 5.32 Å². The third-order valence-corrected chi connectivity index (χ3v) is 4.41. The summed E-state index contributed by atoms with van der Waals surface area (Å²) in [6.07, 6.45) is 2.48. The van der Waals surface area contributed by atoms with Crippen LogP contribution < -0.4 is 5.32 Å². The number of benzene rings is 2. The monoisotopic (exact) mass is 359 g/mol. The average Bonchev–Trinajstić information content (AvgIpc) is 2.97. The van der Waals surface area contributed by atoms with Crippen LogP contribution in [0.1, 0.15) is 37.7 Å². The fraction of sp³-hybridized carbons (Fsp3) is 0.136. The number of amides is 1. The van der Waals surface area contributed by atoms with Crippen LogP contribution in [-0.2, 0) is 6.42 Å². The second-order valence-corrected chi connectivity index (χ2v) is 6.26. The highest BCUT2D eigenvalue weighted by Crippen LogP contribution is 2.17. The first-order valence-corrected chi connectivity index (χ1v) is 8.68. The molecule has 0 aliphatic heterocycles. The van der Waals surface area contributed by atoms with Gasteiger partial charge in [0.15, 0.2) is 0 Å². The van der Waals surface area contributed by atoms with Crippen LogP contribution in [0.5, 0.6) is 0 Å². The Hall–Kier alpha value is -3.47. The van der Waals surface area contributed by atoms with Gasteiger partial charge in [0, 0.05) is 28.1 Å². The van der Waals surface area contributed by atoms with Gasteiger partial charge in [0.1, 0.15) is 0 Å². The second-order valence-electron chi connectivity index (χ2n) is 6.26. The largest absolute Gasteiger partial charge is 0.322 e. The summed E-state index contributed by atoms with van der Waals surface area (Å²) in [6, 6.07) is 15.8. The first-order valence-electron chi connectivity index (χ1n) is 8.68. The van der Waals surface area contributed by atoms with Gasteiger partial charge in [-0.25, -0.2) is 4.68 Å². The summed E-state index contributed by atoms with van der Waals surface area (Å²) >= 11 is 0. The van der Waals surface area contributed by atoms with Crippen molar-refractivity contribution in [2.24, 2.45) is 0 Å². The summed E-state index contributed by atoms with van der Waals surface area (Å²) < 4.78 is 1.42. The van der Waals surface area contributed by atoms with Crippen LogP contribution in [0.25, 0.3) is 0 Å². The van der Waals surface area contributed by atoms with E-state index < -0.39 is 0 Å². The van der Waals surface area contributed by atoms with Crippen molar-refractivity contribution >= 4 is 17.5 Å². The van der Waals surface area contributed by atoms with Crippen LogP contribution in [0.3, 0.4) is 0 Å². The van der Waals surface area contributed by atoms with Crippen molar-refractivity contribution in [2.45, 2.75) is 20.3 Å². The van der Waals surface area contributed by atoms with Crippen molar-refractivity contribution in [1.82, 2.24) is 9.78 Å². The summed E-state index contributed by atoms with van der Waals surface area (Å²) in [4.78, 5) is 25.0. The molecule has 2 aromatic carbocycles. The van der Waals surface area contributed by atoms with Crippen molar-refractivity contribution in [3.8, 4) is 0 Å². The van der Waals surface area contributed by atoms with Crippen LogP contribution in [0.2, 0.25) is 0 Å². The molecule has 5 heteroatoms. The van der Waals surface area contributed by atoms with Gasteiger partial charge < -0.3 is 5.32 Å². The van der Waals surface area contributed by atoms with E-state index in [1.165, 1.54) is 4.68 Å². The number of aromatic nitrogens is 2. The minimum absolute atomic E-state index is 0.192. The Morgan fingerprint density at radius 1 is 1.04 bits per heavy atom. The predicted octanol–water partition coefficient (Wildman–Crippen LogP) is 4.17. The SMILES string of the molecule is C=CCc1c(C)nn(C(=O)c2ccc(NC(=O)c3ccccc3)cc2)c1C. The van der Waals surface area contributed by atoms with Crippen LogP contribution in [-0.4, -0.2) is 21.6 Å². The van der Waals surface area contributed by atoms with Gasteiger partial charge in [0.05, 0.1) is 5.69 Å². The zero-order valence-corrected chi connectivity index (χ0v) is 15.4. The third kappa shape index (κ3) is 3.87. The Bertz CT molecular complexity index is 986. The lowest BCUT2D eigenvalue weighted by molar-refractivity contribution is 0.0941. The highest BCUT2D eigenvalue weighted by molar-refractivity contribution is 6.04. The molecular formula is C22H21N3O2. The highest BCUT2D eigenvalue weighted by Gasteiger charge is 2.17. The van der Waals surface area contributed by atoms with E-state index in [4.69, 9.17) is 0 Å². The van der Waals surface area contributed by atoms with E-state index in [1.54, 1.807) is 42.5 Å². The number of hydrogen-bond acceptors (Lipinski definition) is 3. The van der Waals surface area contributed by atoms with Crippen LogP contribution in [0.4, 0.5) is 5.69 Å². The molecule has 0 fully saturated rings. The zero-order valence-electron chi connectivity index (χ0n) is 15.4. The molecule has 0 aliphatic rings. The quantitative estimate of drug-likeness (QED) is 0.696. The smallest absolute Gasteiger partial charge is 0.278 e. The van der Waals surface area contributed by atoms with Gasteiger partial charge >= 0.3 is 0 Å². The minimum Gasteiger partial charge on any atom is -0.322 e. The maximum absolute atomic E-state index is 12.8. The molecule has 1 amide bonds. The lowest BCUT2D eigenvalue weighted by Crippen LogP contribution is -2.16. The Labute approximate surface area is 158 Å². The fourth-order valence-corrected chi connectivity index (χ4v) is 2.92. The first-order chi connectivity index (χ1) is 13.0. The topological polar surface area (TPSA) is 64.0 Å². The van der Waals surface area contributed by atoms with Gasteiger partial charge in [-0.2, -0.15) is 5.10 Å². The van der Waals surface area contributed by atoms with Gasteiger partial charge in [0.2, 0.25) is 0 Å². The fourth-order valence-electron chi connectivity index (χ4n) is 2.92. The molecule has 136 valence electrons. The normalized spacial score (nSPS) is 10.4. The molecule has 5 nitrogen and oxygen atoms in total. The van der Waals surface area contributed by atoms with Crippen molar-refractivity contribution in [3.05, 3.63) is 95.3 Å². The maximum Gasteiger partial charge on any atom is 0.278 e. The number of rotatable bonds is 5. The number of aryl methyl sites for hydroxylation is 1. The molecule has 1 N–H and O–H groups in total. The maximum atomic E-state index is 12.8. The molecule has 3 rings (SSSR count). The molecule has 0 aliphatic carbocycles. The number of nitrogens with one attached hydrogen (secondary N) is 1. The number of hydrogen-bond donors (Lipinski definition) is 1. The number of anilines is 1. The van der Waals surface area contributed by atoms with Crippen LogP contribution >= 0.6 is 0 Å². The molecule has 0 saturated heterocycles. The molecule has 0 bridgehead atoms. The van der Waals surface area contributed by atoms with Crippen LogP contribution in [0, 0.1) is 13.8 Å². The van der Waals surface area contributed by atoms with E-state index in [1.807, 2.05) is 32.0 Å². The summed E-state index contributed by atoms with van der Waals surface area (Å²) in [5.41, 5.74) is 4.37. The summed E-state index contributed by atoms with van der Waals surface area (Å²) in [7, 11) is 0. The molecule has 0 unspecified atom stereocenters. The number of allylic oxidation sites excluding steroid dienone is 1. The average molecular weight is 359 g/mol. The zero-order chi connectivity index (χ0) is 19.4. The third-order valence-electron chi connectivity index (χ3n) is 4.41. The number of carbonyl (C=O) groups excluding carboxylic acids is 2. The molecule has 3 aromatic rings. The molecule has 0 saturated carbocycles. The Morgan fingerprint density at radius 3 is 2.33 bits per heavy atom. The molecule has 0 radical (unpaired) electrons. The van der Waals surface area contributed by atoms with E-state index in [0.29, 0.717) is 23.2 Å². The van der Waals surface area contributed by atoms with Gasteiger partial charge in [-0.05, 0) is 56.7 Å². The Morgan fingerprint density at radius 2 is 1.70 bits per heavy atom. The number of carbonyl (C=O) groups is 2. The van der Waals surface area contributed by atoms with E-state index >= 15 is 0 Å². The Kier molecular flexibility index (Phi) is 5.31. The van der Waals surface area contributed by atoms with E-state index in [-0.39, 0.29) is 11.8 Å². The van der Waals surface area contributed by atoms with Crippen molar-refractivity contribution in [1.29, 1.82) is 0 Å². The van der Waals surface area contributed by atoms with E-state index in [2.05, 4.69) is 17.0 Å². The standard InChI is InChI=1S/C22H21N3O2/c1-4-8-20-15(2)24-25(16(20)3)22(27)18-11-13-19(14-12-18)23-21(26)17-9-6-5-7-10-17/h4-7,9-14H,1,8H2,2-3H3,(H,23,26). The second kappa shape index (κ2) is 7.83. The van der Waals surface area contributed by atoms with Crippen LogP contribution in [0.15, 0.2) is 67.3 Å². The summed E-state index contributed by atoms with van der Waals surface area (Å²) in [5.74, 6) is -0.394. The first kappa shape index (κ1) is 18.3. The predicted molar refractivity (Wildman–Crippen MR) is 106 cm³/mol. The molecule has 0 spiro atoms. The molecule has 0 atom stereocenters. The summed E-state index contributed by atoms with van der Waals surface area (Å²) in [6.45, 7) is 7.52. The highest BCUT2D eigenvalue weighted by atomic mass is 16.2. The van der Waals surface area contributed by atoms with Gasteiger partial charge in [-0.1, -0.05) is 24.3 Å². The minimum atomic E-state index is -0.202. The Balaban J connectivity index is 1.77. The van der Waals surface area contributed by atoms with E-state index in [0.717, 1.165) is 17.0 Å². The molecular weight excluding hydrogens is 338 g/mol. The lowest BCUT2D eigenvalue weighted by atomic mass is 10.1. The van der Waals surface area contributed by atoms with Crippen molar-refractivity contribution in [3.63, 3.8) is 0 Å². The number of nitrogens with zero attached hydrogens (tertiary/aromatic N) is 2. The van der Waals surface area contributed by atoms with Gasteiger partial charge in [0.25, 0.3) is 11.8 Å². The molecule has 1 aromatic heterocycles. The van der Waals surface area contributed by atoms with Gasteiger partial charge in [-0.15, -0.1) is 6.58 Å². The van der Waals surface area contributed by atoms with Crippen molar-refractivity contribution < 1.29 is 9.59 Å². The molecule has 27 heavy (non-hydrogen) atoms. The summed E-state index contributed by atoms with van der Waals surface area (Å²) in [5, 5.41) is 7.19. The van der Waals surface area contributed by atoms with Gasteiger partial charge in [-0.3, -0.25) is 9.59 Å². The lowest BCUT2D eigenvalue weighted by Gasteiger charge is -2.07. The molecule has 1 heterocycles.